The van der Waals surface area contributed by atoms with Crippen molar-refractivity contribution < 1.29 is 9.30 Å². The highest BCUT2D eigenvalue weighted by atomic mass is 32.2. The average Bonchev–Trinajstić information content (AvgIpc) is 2.67. The Kier molecular flexibility index (Phi) is 9.38. The first-order valence-corrected chi connectivity index (χ1v) is 9.81. The molecule has 0 aliphatic rings. The summed E-state index contributed by atoms with van der Waals surface area (Å²) in [6.07, 6.45) is 2.84. The van der Waals surface area contributed by atoms with Crippen molar-refractivity contribution in [1.29, 1.82) is 0 Å². The van der Waals surface area contributed by atoms with Crippen LogP contribution in [0, 0.1) is 0 Å². The van der Waals surface area contributed by atoms with E-state index in [1.54, 1.807) is 11.8 Å². The first-order valence-electron chi connectivity index (χ1n) is 7.82. The molecule has 0 saturated carbocycles. The Morgan fingerprint density at radius 2 is 1.96 bits per heavy atom. The maximum absolute atomic E-state index is 11.1. The third kappa shape index (κ3) is 5.48. The average molecular weight is 365 g/mol. The van der Waals surface area contributed by atoms with E-state index in [1.165, 1.54) is 0 Å². The van der Waals surface area contributed by atoms with Gasteiger partial charge in [-0.1, -0.05) is 32.9 Å². The Morgan fingerprint density at radius 3 is 2.58 bits per heavy atom. The summed E-state index contributed by atoms with van der Waals surface area (Å²) in [4.78, 5) is 5.45. The van der Waals surface area contributed by atoms with Crippen LogP contribution < -0.4 is 15.4 Å². The van der Waals surface area contributed by atoms with Gasteiger partial charge < -0.3 is 4.74 Å². The van der Waals surface area contributed by atoms with E-state index in [1.807, 2.05) is 63.4 Å². The third-order valence-corrected chi connectivity index (χ3v) is 4.38. The van der Waals surface area contributed by atoms with Crippen LogP contribution in [0.15, 0.2) is 41.3 Å². The molecule has 7 heteroatoms. The normalized spacial score (nSPS) is 10.0. The van der Waals surface area contributed by atoms with Gasteiger partial charge in [0.25, 0.3) is 8.61 Å². The first kappa shape index (κ1) is 20.4. The van der Waals surface area contributed by atoms with Gasteiger partial charge in [0.15, 0.2) is 0 Å². The Hall–Kier alpha value is -1.62. The molecule has 0 radical (unpaired) electrons. The number of nitrogens with zero attached hydrogens (tertiary/aromatic N) is 2. The number of rotatable bonds is 7. The zero-order chi connectivity index (χ0) is 17.9. The molecule has 0 aliphatic carbocycles. The van der Waals surface area contributed by atoms with Gasteiger partial charge in [-0.15, -0.1) is 11.8 Å². The number of aryl methyl sites for hydroxylation is 1. The molecule has 0 saturated heterocycles. The van der Waals surface area contributed by atoms with E-state index in [0.29, 0.717) is 18.2 Å². The van der Waals surface area contributed by atoms with Gasteiger partial charge in [0.1, 0.15) is 6.61 Å². The van der Waals surface area contributed by atoms with Crippen molar-refractivity contribution in [3.05, 3.63) is 47.7 Å². The fraction of sp³-hybridized carbons (Fsp3) is 0.353. The van der Waals surface area contributed by atoms with Crippen molar-refractivity contribution in [2.24, 2.45) is 5.84 Å². The van der Waals surface area contributed by atoms with Crippen molar-refractivity contribution >= 4 is 26.1 Å². The lowest BCUT2D eigenvalue weighted by Gasteiger charge is -2.17. The maximum atomic E-state index is 11.1. The minimum atomic E-state index is -0.264. The quantitative estimate of drug-likeness (QED) is 0.327. The fourth-order valence-electron chi connectivity index (χ4n) is 2.03. The fourth-order valence-corrected chi connectivity index (χ4v) is 2.93. The Morgan fingerprint density at radius 1 is 1.25 bits per heavy atom. The van der Waals surface area contributed by atoms with Crippen LogP contribution in [0.1, 0.15) is 32.0 Å². The summed E-state index contributed by atoms with van der Waals surface area (Å²) in [6.45, 7) is 6.36. The molecule has 0 aliphatic heterocycles. The maximum Gasteiger partial charge on any atom is 0.297 e. The molecular formula is C17H24N3O2PS. The Bertz CT molecular complexity index is 655. The summed E-state index contributed by atoms with van der Waals surface area (Å²) in [5, 5.41) is 0. The summed E-state index contributed by atoms with van der Waals surface area (Å²) in [6, 6.07) is 11.4. The molecule has 0 fully saturated rings. The molecule has 0 atom stereocenters. The lowest BCUT2D eigenvalue weighted by Crippen LogP contribution is -2.21. The molecule has 1 heterocycles. The number of anilines is 1. The highest BCUT2D eigenvalue weighted by Crippen LogP contribution is 2.31. The van der Waals surface area contributed by atoms with E-state index < -0.39 is 0 Å². The zero-order valence-corrected chi connectivity index (χ0v) is 16.2. The van der Waals surface area contributed by atoms with Crippen LogP contribution in [-0.4, -0.2) is 11.2 Å². The number of ether oxygens (including phenoxy) is 1. The number of aromatic nitrogens is 1. The van der Waals surface area contributed by atoms with E-state index in [0.717, 1.165) is 27.4 Å². The minimum absolute atomic E-state index is 0.264. The molecule has 24 heavy (non-hydrogen) atoms. The topological polar surface area (TPSA) is 68.5 Å². The van der Waals surface area contributed by atoms with Crippen LogP contribution in [0.2, 0.25) is 0 Å². The molecule has 2 rings (SSSR count). The highest BCUT2D eigenvalue weighted by Gasteiger charge is 2.13. The van der Waals surface area contributed by atoms with E-state index in [9.17, 15) is 4.57 Å². The molecule has 0 unspecified atom stereocenters. The second-order valence-corrected chi connectivity index (χ2v) is 5.94. The number of hydrogen-bond donors (Lipinski definition) is 1. The van der Waals surface area contributed by atoms with Gasteiger partial charge in [-0.2, -0.15) is 0 Å². The molecule has 2 N–H and O–H groups in total. The van der Waals surface area contributed by atoms with Crippen molar-refractivity contribution in [2.45, 2.75) is 38.7 Å². The van der Waals surface area contributed by atoms with Crippen molar-refractivity contribution in [3.8, 4) is 5.88 Å². The predicted octanol–water partition coefficient (Wildman–Crippen LogP) is 4.86. The van der Waals surface area contributed by atoms with Crippen molar-refractivity contribution in [1.82, 2.24) is 4.98 Å². The van der Waals surface area contributed by atoms with Gasteiger partial charge in [0.05, 0.1) is 5.69 Å². The highest BCUT2D eigenvalue weighted by molar-refractivity contribution is 7.98. The smallest absolute Gasteiger partial charge is 0.297 e. The molecule has 2 aromatic rings. The Balaban J connectivity index is 0.00000139. The van der Waals surface area contributed by atoms with Crippen LogP contribution in [-0.2, 0) is 17.6 Å². The van der Waals surface area contributed by atoms with Crippen molar-refractivity contribution in [3.63, 3.8) is 0 Å². The van der Waals surface area contributed by atoms with Crippen LogP contribution in [0.25, 0.3) is 0 Å². The number of thioether (sulfide) groups is 1. The van der Waals surface area contributed by atoms with Gasteiger partial charge in [-0.25, -0.2) is 20.2 Å². The lowest BCUT2D eigenvalue weighted by atomic mass is 10.2. The number of hydrogen-bond acceptors (Lipinski definition) is 5. The van der Waals surface area contributed by atoms with Gasteiger partial charge in [0.2, 0.25) is 5.88 Å². The van der Waals surface area contributed by atoms with Crippen molar-refractivity contribution in [2.75, 3.05) is 11.0 Å². The molecule has 0 spiro atoms. The SMILES string of the molecule is CC.CCc1cccc(OCc2c(SC)cccc2N(N)P=O)n1. The van der Waals surface area contributed by atoms with Crippen LogP contribution in [0.4, 0.5) is 5.69 Å². The lowest BCUT2D eigenvalue weighted by molar-refractivity contribution is 0.291. The summed E-state index contributed by atoms with van der Waals surface area (Å²) in [5.41, 5.74) is 2.55. The molecule has 1 aromatic carbocycles. The van der Waals surface area contributed by atoms with E-state index >= 15 is 0 Å². The number of benzene rings is 1. The van der Waals surface area contributed by atoms with E-state index in [4.69, 9.17) is 10.6 Å². The molecular weight excluding hydrogens is 341 g/mol. The second kappa shape index (κ2) is 11.0. The third-order valence-electron chi connectivity index (χ3n) is 3.17. The summed E-state index contributed by atoms with van der Waals surface area (Å²) in [5.74, 6) is 6.33. The molecule has 0 bridgehead atoms. The summed E-state index contributed by atoms with van der Waals surface area (Å²) < 4.78 is 18.0. The molecule has 1 aromatic heterocycles. The summed E-state index contributed by atoms with van der Waals surface area (Å²) in [7, 11) is -0.264. The number of nitrogens with two attached hydrogens (primary N) is 1. The van der Waals surface area contributed by atoms with Gasteiger partial charge in [-0.3, -0.25) is 0 Å². The van der Waals surface area contributed by atoms with E-state index in [2.05, 4.69) is 4.98 Å². The Labute approximate surface area is 149 Å². The predicted molar refractivity (Wildman–Crippen MR) is 102 cm³/mol. The standard InChI is InChI=1S/C15H18N3O2PS.C2H6/c1-3-11-6-4-9-15(17-11)20-10-12-13(18(16)21-19)7-5-8-14(12)22-2;1-2/h4-9H,3,10,16H2,1-2H3;1-2H3. The molecule has 5 nitrogen and oxygen atoms in total. The van der Waals surface area contributed by atoms with Crippen LogP contribution in [0.5, 0.6) is 5.88 Å². The minimum Gasteiger partial charge on any atom is -0.473 e. The van der Waals surface area contributed by atoms with Gasteiger partial charge in [-0.05, 0) is 30.9 Å². The number of hydrazine groups is 1. The van der Waals surface area contributed by atoms with Crippen LogP contribution in [0.3, 0.4) is 0 Å². The molecule has 0 amide bonds. The first-order chi connectivity index (χ1) is 11.7. The van der Waals surface area contributed by atoms with Gasteiger partial charge >= 0.3 is 0 Å². The summed E-state index contributed by atoms with van der Waals surface area (Å²) >= 11 is 1.59. The van der Waals surface area contributed by atoms with Gasteiger partial charge in [0, 0.05) is 22.2 Å². The number of pyridine rings is 1. The second-order valence-electron chi connectivity index (χ2n) is 4.49. The molecule has 130 valence electrons. The zero-order valence-electron chi connectivity index (χ0n) is 14.5. The largest absolute Gasteiger partial charge is 0.473 e. The van der Waals surface area contributed by atoms with Crippen LogP contribution >= 0.6 is 20.4 Å². The monoisotopic (exact) mass is 365 g/mol. The van der Waals surface area contributed by atoms with E-state index in [-0.39, 0.29) is 8.61 Å².